The van der Waals surface area contributed by atoms with Gasteiger partial charge in [-0.15, -0.1) is 0 Å². The molecule has 0 N–H and O–H groups in total. The van der Waals surface area contributed by atoms with E-state index in [1.807, 2.05) is 66.7 Å². The molecule has 5 heteroatoms. The highest BCUT2D eigenvalue weighted by Gasteiger charge is 2.14. The monoisotopic (exact) mass is 383 g/mol. The quantitative estimate of drug-likeness (QED) is 0.280. The first kappa shape index (κ1) is 16.5. The molecule has 0 atom stereocenters. The van der Waals surface area contributed by atoms with Gasteiger partial charge >= 0.3 is 0 Å². The Morgan fingerprint density at radius 2 is 1.20 bits per heavy atom. The summed E-state index contributed by atoms with van der Waals surface area (Å²) in [6.07, 6.45) is 3.56. The van der Waals surface area contributed by atoms with E-state index >= 15 is 0 Å². The summed E-state index contributed by atoms with van der Waals surface area (Å²) in [5.74, 6) is 0. The maximum absolute atomic E-state index is 9.02. The Morgan fingerprint density at radius 3 is 1.83 bits per heavy atom. The minimum absolute atomic E-state index is 0.643. The number of rotatable bonds is 1. The highest BCUT2D eigenvalue weighted by Crippen LogP contribution is 2.32. The molecule has 138 valence electrons. The average Bonchev–Trinajstić information content (AvgIpc) is 2.83. The van der Waals surface area contributed by atoms with Crippen LogP contribution in [0, 0.1) is 11.3 Å². The molecular weight excluding hydrogens is 370 g/mol. The summed E-state index contributed by atoms with van der Waals surface area (Å²) < 4.78 is 0. The Labute approximate surface area is 171 Å². The number of hydrogen-bond donors (Lipinski definition) is 0. The molecule has 6 aromatic rings. The van der Waals surface area contributed by atoms with Gasteiger partial charge in [-0.1, -0.05) is 18.2 Å². The van der Waals surface area contributed by atoms with Crippen molar-refractivity contribution in [2.75, 3.05) is 0 Å². The van der Waals surface area contributed by atoms with Crippen molar-refractivity contribution < 1.29 is 0 Å². The molecule has 0 amide bonds. The highest BCUT2D eigenvalue weighted by atomic mass is 14.8. The van der Waals surface area contributed by atoms with Crippen LogP contribution in [0.5, 0.6) is 0 Å². The third-order valence-corrected chi connectivity index (χ3v) is 5.36. The molecule has 0 saturated carbocycles. The number of benzene rings is 3. The summed E-state index contributed by atoms with van der Waals surface area (Å²) in [5.41, 5.74) is 7.68. The van der Waals surface area contributed by atoms with E-state index in [9.17, 15) is 0 Å². The Kier molecular flexibility index (Phi) is 3.47. The number of aromatic nitrogens is 4. The highest BCUT2D eigenvalue weighted by molar-refractivity contribution is 6.21. The molecule has 0 aliphatic rings. The van der Waals surface area contributed by atoms with Crippen molar-refractivity contribution in [1.29, 1.82) is 5.26 Å². The number of fused-ring (bicyclic) bond motifs is 7. The molecule has 3 heterocycles. The standard InChI is InChI=1S/C25H13N5/c26-14-15-5-7-16(8-6-15)17-9-10-20-21(13-17)30-25-19-4-2-12-28-23(19)22-18(24(25)29-20)3-1-11-27-22/h1-13H. The SMILES string of the molecule is N#Cc1ccc(-c2ccc3nc4c5cccnc5c5ncccc5c4nc3c2)cc1. The first-order chi connectivity index (χ1) is 14.8. The van der Waals surface area contributed by atoms with Gasteiger partial charge in [0.25, 0.3) is 0 Å². The van der Waals surface area contributed by atoms with Gasteiger partial charge in [-0.3, -0.25) is 9.97 Å². The number of nitrogens with zero attached hydrogens (tertiary/aromatic N) is 5. The summed E-state index contributed by atoms with van der Waals surface area (Å²) in [4.78, 5) is 19.1. The lowest BCUT2D eigenvalue weighted by Crippen LogP contribution is -1.94. The van der Waals surface area contributed by atoms with E-state index in [0.29, 0.717) is 5.56 Å². The van der Waals surface area contributed by atoms with Crippen LogP contribution < -0.4 is 0 Å². The summed E-state index contributed by atoms with van der Waals surface area (Å²) in [6, 6.07) is 23.6. The van der Waals surface area contributed by atoms with Gasteiger partial charge in [-0.05, 0) is 59.7 Å². The van der Waals surface area contributed by atoms with Crippen molar-refractivity contribution in [2.24, 2.45) is 0 Å². The van der Waals surface area contributed by atoms with E-state index in [1.165, 1.54) is 0 Å². The lowest BCUT2D eigenvalue weighted by atomic mass is 10.0. The van der Waals surface area contributed by atoms with Crippen LogP contribution in [0.4, 0.5) is 0 Å². The maximum atomic E-state index is 9.02. The molecule has 0 radical (unpaired) electrons. The normalized spacial score (nSPS) is 11.3. The van der Waals surface area contributed by atoms with Gasteiger partial charge in [0.05, 0.1) is 44.7 Å². The third kappa shape index (κ3) is 2.41. The van der Waals surface area contributed by atoms with Crippen LogP contribution >= 0.6 is 0 Å². The van der Waals surface area contributed by atoms with E-state index in [2.05, 4.69) is 16.0 Å². The van der Waals surface area contributed by atoms with Crippen LogP contribution in [0.3, 0.4) is 0 Å². The molecule has 0 fully saturated rings. The van der Waals surface area contributed by atoms with Gasteiger partial charge in [-0.2, -0.15) is 5.26 Å². The molecule has 6 rings (SSSR count). The third-order valence-electron chi connectivity index (χ3n) is 5.36. The van der Waals surface area contributed by atoms with Gasteiger partial charge in [-0.25, -0.2) is 9.97 Å². The largest absolute Gasteiger partial charge is 0.254 e. The second-order valence-corrected chi connectivity index (χ2v) is 7.11. The molecule has 3 aromatic heterocycles. The van der Waals surface area contributed by atoms with Crippen LogP contribution in [0.2, 0.25) is 0 Å². The van der Waals surface area contributed by atoms with Crippen molar-refractivity contribution in [3.63, 3.8) is 0 Å². The predicted octanol–water partition coefficient (Wildman–Crippen LogP) is 5.42. The van der Waals surface area contributed by atoms with Gasteiger partial charge in [0, 0.05) is 23.2 Å². The van der Waals surface area contributed by atoms with Crippen molar-refractivity contribution >= 4 is 43.9 Å². The van der Waals surface area contributed by atoms with Gasteiger partial charge in [0.1, 0.15) is 0 Å². The summed E-state index contributed by atoms with van der Waals surface area (Å²) in [5, 5.41) is 10.9. The van der Waals surface area contributed by atoms with Crippen molar-refractivity contribution in [3.8, 4) is 17.2 Å². The predicted molar refractivity (Wildman–Crippen MR) is 118 cm³/mol. The molecular formula is C25H13N5. The zero-order chi connectivity index (χ0) is 20.1. The van der Waals surface area contributed by atoms with Crippen molar-refractivity contribution in [1.82, 2.24) is 19.9 Å². The van der Waals surface area contributed by atoms with Crippen LogP contribution in [0.15, 0.2) is 79.1 Å². The van der Waals surface area contributed by atoms with E-state index in [1.54, 1.807) is 12.4 Å². The van der Waals surface area contributed by atoms with Gasteiger partial charge in [0.2, 0.25) is 0 Å². The molecule has 0 spiro atoms. The van der Waals surface area contributed by atoms with E-state index in [0.717, 1.165) is 55.0 Å². The fraction of sp³-hybridized carbons (Fsp3) is 0. The Bertz CT molecular complexity index is 1650. The van der Waals surface area contributed by atoms with Crippen LogP contribution in [-0.2, 0) is 0 Å². The molecule has 30 heavy (non-hydrogen) atoms. The first-order valence-electron chi connectivity index (χ1n) is 9.55. The first-order valence-corrected chi connectivity index (χ1v) is 9.55. The van der Waals surface area contributed by atoms with Crippen molar-refractivity contribution in [3.05, 3.63) is 84.7 Å². The smallest absolute Gasteiger partial charge is 0.0996 e. The second-order valence-electron chi connectivity index (χ2n) is 7.11. The molecule has 0 aliphatic heterocycles. The van der Waals surface area contributed by atoms with Crippen LogP contribution in [0.25, 0.3) is 55.0 Å². The number of hydrogen-bond acceptors (Lipinski definition) is 5. The van der Waals surface area contributed by atoms with Gasteiger partial charge < -0.3 is 0 Å². The average molecular weight is 383 g/mol. The number of nitriles is 1. The summed E-state index contributed by atoms with van der Waals surface area (Å²) in [6.45, 7) is 0. The molecule has 0 aliphatic carbocycles. The fourth-order valence-corrected chi connectivity index (χ4v) is 3.92. The zero-order valence-corrected chi connectivity index (χ0v) is 15.7. The van der Waals surface area contributed by atoms with Crippen molar-refractivity contribution in [2.45, 2.75) is 0 Å². The van der Waals surface area contributed by atoms with Crippen LogP contribution in [0.1, 0.15) is 5.56 Å². The van der Waals surface area contributed by atoms with E-state index in [4.69, 9.17) is 15.2 Å². The van der Waals surface area contributed by atoms with E-state index < -0.39 is 0 Å². The van der Waals surface area contributed by atoms with Gasteiger partial charge in [0.15, 0.2) is 0 Å². The minimum atomic E-state index is 0.643. The molecule has 3 aromatic carbocycles. The Morgan fingerprint density at radius 1 is 0.600 bits per heavy atom. The summed E-state index contributed by atoms with van der Waals surface area (Å²) >= 11 is 0. The second kappa shape index (κ2) is 6.29. The molecule has 0 saturated heterocycles. The minimum Gasteiger partial charge on any atom is -0.254 e. The number of pyridine rings is 2. The maximum Gasteiger partial charge on any atom is 0.0996 e. The molecule has 0 bridgehead atoms. The Balaban J connectivity index is 1.68. The molecule has 5 nitrogen and oxygen atoms in total. The zero-order valence-electron chi connectivity index (χ0n) is 15.7. The fourth-order valence-electron chi connectivity index (χ4n) is 3.92. The Hall–Kier alpha value is -4.43. The van der Waals surface area contributed by atoms with Crippen LogP contribution in [-0.4, -0.2) is 19.9 Å². The lowest BCUT2D eigenvalue weighted by molar-refractivity contribution is 1.36. The lowest BCUT2D eigenvalue weighted by Gasteiger charge is -2.09. The van der Waals surface area contributed by atoms with E-state index in [-0.39, 0.29) is 0 Å². The summed E-state index contributed by atoms with van der Waals surface area (Å²) in [7, 11) is 0. The molecule has 0 unspecified atom stereocenters. The topological polar surface area (TPSA) is 75.3 Å².